The highest BCUT2D eigenvalue weighted by molar-refractivity contribution is 5.93. The van der Waals surface area contributed by atoms with Crippen LogP contribution < -0.4 is 0 Å². The maximum atomic E-state index is 12.6. The SMILES string of the molecule is CCOC(=O)c1oc(C(F)(F)F)nc1-c1ccccc1. The Bertz CT molecular complexity index is 605. The van der Waals surface area contributed by atoms with Crippen LogP contribution in [0.25, 0.3) is 11.3 Å². The Hall–Kier alpha value is -2.31. The van der Waals surface area contributed by atoms with E-state index in [0.717, 1.165) is 0 Å². The van der Waals surface area contributed by atoms with Crippen molar-refractivity contribution in [2.75, 3.05) is 6.61 Å². The monoisotopic (exact) mass is 285 g/mol. The van der Waals surface area contributed by atoms with Crippen LogP contribution in [0.1, 0.15) is 23.4 Å². The van der Waals surface area contributed by atoms with Crippen LogP contribution in [0, 0.1) is 0 Å². The summed E-state index contributed by atoms with van der Waals surface area (Å²) in [6.45, 7) is 1.57. The van der Waals surface area contributed by atoms with Crippen molar-refractivity contribution in [3.05, 3.63) is 42.0 Å². The summed E-state index contributed by atoms with van der Waals surface area (Å²) < 4.78 is 47.1. The Labute approximate surface area is 112 Å². The number of ether oxygens (including phenoxy) is 1. The van der Waals surface area contributed by atoms with Gasteiger partial charge in [0.1, 0.15) is 5.69 Å². The number of carbonyl (C=O) groups is 1. The van der Waals surface area contributed by atoms with E-state index >= 15 is 0 Å². The number of hydrogen-bond donors (Lipinski definition) is 0. The van der Waals surface area contributed by atoms with Gasteiger partial charge in [0, 0.05) is 5.56 Å². The molecule has 0 unspecified atom stereocenters. The van der Waals surface area contributed by atoms with E-state index in [9.17, 15) is 18.0 Å². The van der Waals surface area contributed by atoms with E-state index in [2.05, 4.69) is 14.1 Å². The molecule has 0 aliphatic carbocycles. The molecule has 0 N–H and O–H groups in total. The summed E-state index contributed by atoms with van der Waals surface area (Å²) in [4.78, 5) is 15.0. The van der Waals surface area contributed by atoms with Crippen LogP contribution >= 0.6 is 0 Å². The zero-order valence-electron chi connectivity index (χ0n) is 10.4. The van der Waals surface area contributed by atoms with Crippen LogP contribution in [-0.2, 0) is 10.9 Å². The highest BCUT2D eigenvalue weighted by atomic mass is 19.4. The summed E-state index contributed by atoms with van der Waals surface area (Å²) in [5.41, 5.74) is 0.158. The Morgan fingerprint density at radius 2 is 1.95 bits per heavy atom. The quantitative estimate of drug-likeness (QED) is 0.809. The first-order valence-corrected chi connectivity index (χ1v) is 5.74. The van der Waals surface area contributed by atoms with Gasteiger partial charge in [0.05, 0.1) is 6.61 Å². The number of halogens is 3. The van der Waals surface area contributed by atoms with E-state index in [0.29, 0.717) is 5.56 Å². The van der Waals surface area contributed by atoms with E-state index in [4.69, 9.17) is 0 Å². The molecule has 2 rings (SSSR count). The van der Waals surface area contributed by atoms with Gasteiger partial charge < -0.3 is 9.15 Å². The first-order valence-electron chi connectivity index (χ1n) is 5.74. The number of aromatic nitrogens is 1. The fraction of sp³-hybridized carbons (Fsp3) is 0.231. The van der Waals surface area contributed by atoms with Gasteiger partial charge in [-0.05, 0) is 6.92 Å². The van der Waals surface area contributed by atoms with Crippen molar-refractivity contribution in [3.63, 3.8) is 0 Å². The molecule has 1 aromatic heterocycles. The third-order valence-electron chi connectivity index (χ3n) is 2.38. The summed E-state index contributed by atoms with van der Waals surface area (Å²) >= 11 is 0. The second-order valence-corrected chi connectivity index (χ2v) is 3.78. The van der Waals surface area contributed by atoms with E-state index in [-0.39, 0.29) is 12.3 Å². The highest BCUT2D eigenvalue weighted by Crippen LogP contribution is 2.33. The van der Waals surface area contributed by atoms with E-state index in [1.165, 1.54) is 12.1 Å². The minimum Gasteiger partial charge on any atom is -0.460 e. The molecule has 20 heavy (non-hydrogen) atoms. The predicted molar refractivity (Wildman–Crippen MR) is 62.9 cm³/mol. The average molecular weight is 285 g/mol. The van der Waals surface area contributed by atoms with Crippen LogP contribution in [0.15, 0.2) is 34.7 Å². The molecule has 0 atom stereocenters. The van der Waals surface area contributed by atoms with Crippen molar-refractivity contribution >= 4 is 5.97 Å². The molecule has 0 saturated carbocycles. The number of benzene rings is 1. The van der Waals surface area contributed by atoms with Crippen LogP contribution in [0.2, 0.25) is 0 Å². The largest absolute Gasteiger partial charge is 0.468 e. The van der Waals surface area contributed by atoms with Gasteiger partial charge in [-0.1, -0.05) is 30.3 Å². The molecule has 1 aromatic carbocycles. The zero-order chi connectivity index (χ0) is 14.8. The minimum atomic E-state index is -4.77. The molecular weight excluding hydrogens is 275 g/mol. The Kier molecular flexibility index (Phi) is 3.78. The van der Waals surface area contributed by atoms with E-state index in [1.54, 1.807) is 25.1 Å². The molecule has 0 bridgehead atoms. The lowest BCUT2D eigenvalue weighted by Gasteiger charge is -2.00. The zero-order valence-corrected chi connectivity index (χ0v) is 10.4. The molecule has 0 radical (unpaired) electrons. The molecule has 1 heterocycles. The molecule has 0 spiro atoms. The van der Waals surface area contributed by atoms with Gasteiger partial charge in [0.15, 0.2) is 0 Å². The van der Waals surface area contributed by atoms with Crippen molar-refractivity contribution in [1.29, 1.82) is 0 Å². The summed E-state index contributed by atoms with van der Waals surface area (Å²) in [6.07, 6.45) is -4.77. The average Bonchev–Trinajstić information content (AvgIpc) is 2.85. The summed E-state index contributed by atoms with van der Waals surface area (Å²) in [6, 6.07) is 7.98. The van der Waals surface area contributed by atoms with Gasteiger partial charge in [-0.2, -0.15) is 13.2 Å². The molecular formula is C13H10F3NO3. The number of oxazole rings is 1. The smallest absolute Gasteiger partial charge is 0.460 e. The number of hydrogen-bond acceptors (Lipinski definition) is 4. The van der Waals surface area contributed by atoms with Crippen molar-refractivity contribution < 1.29 is 27.1 Å². The van der Waals surface area contributed by atoms with Crippen molar-refractivity contribution in [2.24, 2.45) is 0 Å². The molecule has 0 aliphatic heterocycles. The van der Waals surface area contributed by atoms with Gasteiger partial charge in [-0.15, -0.1) is 0 Å². The molecule has 0 saturated heterocycles. The van der Waals surface area contributed by atoms with Crippen molar-refractivity contribution in [2.45, 2.75) is 13.1 Å². The third-order valence-corrected chi connectivity index (χ3v) is 2.38. The molecule has 4 nitrogen and oxygen atoms in total. The Morgan fingerprint density at radius 3 is 2.50 bits per heavy atom. The highest BCUT2D eigenvalue weighted by Gasteiger charge is 2.40. The van der Waals surface area contributed by atoms with Crippen LogP contribution in [0.5, 0.6) is 0 Å². The van der Waals surface area contributed by atoms with Gasteiger partial charge in [-0.3, -0.25) is 0 Å². The lowest BCUT2D eigenvalue weighted by Crippen LogP contribution is -2.05. The standard InChI is InChI=1S/C13H10F3NO3/c1-2-19-11(18)10-9(8-6-4-3-5-7-8)17-12(20-10)13(14,15)16/h3-7H,2H2,1H3. The molecule has 0 fully saturated rings. The first-order chi connectivity index (χ1) is 9.43. The topological polar surface area (TPSA) is 52.3 Å². The fourth-order valence-electron chi connectivity index (χ4n) is 1.57. The summed E-state index contributed by atoms with van der Waals surface area (Å²) in [5.74, 6) is -3.00. The minimum absolute atomic E-state index is 0.0229. The predicted octanol–water partition coefficient (Wildman–Crippen LogP) is 3.54. The van der Waals surface area contributed by atoms with Crippen molar-refractivity contribution in [1.82, 2.24) is 4.98 Å². The molecule has 2 aromatic rings. The molecule has 106 valence electrons. The van der Waals surface area contributed by atoms with Gasteiger partial charge >= 0.3 is 18.0 Å². The number of alkyl halides is 3. The summed E-state index contributed by atoms with van der Waals surface area (Å²) in [5, 5.41) is 0. The van der Waals surface area contributed by atoms with Crippen LogP contribution in [0.4, 0.5) is 13.2 Å². The first kappa shape index (κ1) is 14.1. The van der Waals surface area contributed by atoms with Gasteiger partial charge in [0.25, 0.3) is 0 Å². The molecule has 7 heteroatoms. The lowest BCUT2D eigenvalue weighted by molar-refractivity contribution is -0.157. The van der Waals surface area contributed by atoms with E-state index in [1.807, 2.05) is 0 Å². The van der Waals surface area contributed by atoms with E-state index < -0.39 is 23.8 Å². The maximum absolute atomic E-state index is 12.6. The second kappa shape index (κ2) is 5.36. The second-order valence-electron chi connectivity index (χ2n) is 3.78. The number of rotatable bonds is 3. The third kappa shape index (κ3) is 2.81. The lowest BCUT2D eigenvalue weighted by atomic mass is 10.1. The van der Waals surface area contributed by atoms with Crippen molar-refractivity contribution in [3.8, 4) is 11.3 Å². The number of nitrogens with zero attached hydrogens (tertiary/aromatic N) is 1. The van der Waals surface area contributed by atoms with Gasteiger partial charge in [0.2, 0.25) is 5.76 Å². The van der Waals surface area contributed by atoms with Crippen LogP contribution in [0.3, 0.4) is 0 Å². The Balaban J connectivity index is 2.54. The van der Waals surface area contributed by atoms with Crippen LogP contribution in [-0.4, -0.2) is 17.6 Å². The fourth-order valence-corrected chi connectivity index (χ4v) is 1.57. The Morgan fingerprint density at radius 1 is 1.30 bits per heavy atom. The maximum Gasteiger partial charge on any atom is 0.468 e. The summed E-state index contributed by atoms with van der Waals surface area (Å²) in [7, 11) is 0. The molecule has 0 amide bonds. The molecule has 0 aliphatic rings. The number of esters is 1. The number of carbonyl (C=O) groups excluding carboxylic acids is 1. The van der Waals surface area contributed by atoms with Gasteiger partial charge in [-0.25, -0.2) is 9.78 Å². The normalized spacial score (nSPS) is 11.4.